The molecule has 0 unspecified atom stereocenters. The van der Waals surface area contributed by atoms with Crippen LogP contribution in [-0.4, -0.2) is 26.3 Å². The molecule has 3 heterocycles. The molecule has 6 rings (SSSR count). The van der Waals surface area contributed by atoms with Crippen LogP contribution in [0.2, 0.25) is 5.02 Å². The molecule has 1 aliphatic carbocycles. The molecule has 2 amide bonds. The highest BCUT2D eigenvalue weighted by atomic mass is 35.5. The fourth-order valence-corrected chi connectivity index (χ4v) is 5.35. The number of nitrogens with one attached hydrogen (secondary N) is 2. The quantitative estimate of drug-likeness (QED) is 0.210. The predicted octanol–water partition coefficient (Wildman–Crippen LogP) is 7.73. The normalized spacial score (nSPS) is 13.4. The van der Waals surface area contributed by atoms with Gasteiger partial charge < -0.3 is 15.2 Å². The lowest BCUT2D eigenvalue weighted by Crippen LogP contribution is -2.14. The molecule has 0 saturated heterocycles. The van der Waals surface area contributed by atoms with Crippen molar-refractivity contribution in [1.29, 1.82) is 0 Å². The van der Waals surface area contributed by atoms with Crippen molar-refractivity contribution < 1.29 is 22.8 Å². The first-order valence-corrected chi connectivity index (χ1v) is 13.8. The van der Waals surface area contributed by atoms with Gasteiger partial charge in [-0.2, -0.15) is 13.2 Å². The molecule has 1 aliphatic rings. The van der Waals surface area contributed by atoms with E-state index in [2.05, 4.69) is 20.6 Å². The molecule has 5 aromatic rings. The zero-order valence-corrected chi connectivity index (χ0v) is 23.0. The van der Waals surface area contributed by atoms with E-state index in [9.17, 15) is 22.8 Å². The van der Waals surface area contributed by atoms with E-state index in [1.807, 2.05) is 6.92 Å². The maximum absolute atomic E-state index is 13.7. The number of hydrogen-bond acceptors (Lipinski definition) is 5. The lowest BCUT2D eigenvalue weighted by molar-refractivity contribution is -0.137. The molecule has 7 nitrogen and oxygen atoms in total. The predicted molar refractivity (Wildman–Crippen MR) is 153 cm³/mol. The van der Waals surface area contributed by atoms with Crippen LogP contribution in [0.1, 0.15) is 34.3 Å². The van der Waals surface area contributed by atoms with Crippen LogP contribution in [0.4, 0.5) is 24.0 Å². The number of fused-ring (bicyclic) bond motifs is 1. The largest absolute Gasteiger partial charge is 0.416 e. The molecule has 3 aromatic heterocycles. The summed E-state index contributed by atoms with van der Waals surface area (Å²) in [6.45, 7) is 1.83. The van der Waals surface area contributed by atoms with Gasteiger partial charge in [0.1, 0.15) is 10.3 Å². The topological polar surface area (TPSA) is 88.9 Å². The molecule has 208 valence electrons. The molecular formula is C29H21ClF3N5O2S. The number of aromatic nitrogens is 3. The lowest BCUT2D eigenvalue weighted by atomic mass is 10.1. The second-order valence-corrected chi connectivity index (χ2v) is 11.2. The number of nitrogens with zero attached hydrogens (tertiary/aromatic N) is 3. The van der Waals surface area contributed by atoms with Crippen molar-refractivity contribution in [3.63, 3.8) is 0 Å². The van der Waals surface area contributed by atoms with E-state index in [0.717, 1.165) is 30.5 Å². The Morgan fingerprint density at radius 2 is 1.83 bits per heavy atom. The molecular weight excluding hydrogens is 575 g/mol. The van der Waals surface area contributed by atoms with Crippen LogP contribution in [0.5, 0.6) is 0 Å². The monoisotopic (exact) mass is 595 g/mol. The number of alkyl halides is 3. The maximum atomic E-state index is 13.7. The first-order chi connectivity index (χ1) is 19.5. The summed E-state index contributed by atoms with van der Waals surface area (Å²) in [5, 5.41) is 6.20. The second kappa shape index (κ2) is 10.3. The summed E-state index contributed by atoms with van der Waals surface area (Å²) < 4.78 is 42.5. The zero-order chi connectivity index (χ0) is 28.9. The SMILES string of the molecule is Cc1ccn(-c2cc(NC(=O)c3ccc(Cl)c(-c4ccc5nc(NC(=O)C6CC6)sc5n4)c3)cc(C(F)(F)F)c2)c1. The minimum Gasteiger partial charge on any atom is -0.324 e. The standard InChI is InChI=1S/C29H21ClF3N5O2S/c1-15-8-9-38(14-15)20-12-18(29(31,32)33)11-19(13-20)34-26(40)17-4-5-22(30)21(10-17)23-6-7-24-27(35-23)41-28(36-24)37-25(39)16-2-3-16/h4-14,16H,2-3H2,1H3,(H,34,40)(H,36,37,39). The van der Waals surface area contributed by atoms with E-state index in [0.29, 0.717) is 31.8 Å². The molecule has 2 aromatic carbocycles. The minimum atomic E-state index is -4.60. The Morgan fingerprint density at radius 1 is 1.02 bits per heavy atom. The van der Waals surface area contributed by atoms with Gasteiger partial charge in [0, 0.05) is 40.8 Å². The number of carbonyl (C=O) groups excluding carboxylic acids is 2. The van der Waals surface area contributed by atoms with Crippen molar-refractivity contribution in [2.75, 3.05) is 10.6 Å². The summed E-state index contributed by atoms with van der Waals surface area (Å²) in [4.78, 5) is 34.9. The van der Waals surface area contributed by atoms with Crippen LogP contribution in [0, 0.1) is 12.8 Å². The van der Waals surface area contributed by atoms with Crippen LogP contribution in [0.25, 0.3) is 27.3 Å². The number of amides is 2. The van der Waals surface area contributed by atoms with Gasteiger partial charge >= 0.3 is 6.18 Å². The van der Waals surface area contributed by atoms with Gasteiger partial charge in [0.05, 0.1) is 16.3 Å². The van der Waals surface area contributed by atoms with Gasteiger partial charge in [-0.1, -0.05) is 22.9 Å². The Balaban J connectivity index is 1.28. The number of anilines is 2. The number of rotatable bonds is 6. The fourth-order valence-electron chi connectivity index (χ4n) is 4.30. The van der Waals surface area contributed by atoms with Gasteiger partial charge in [0.25, 0.3) is 5.91 Å². The molecule has 12 heteroatoms. The van der Waals surface area contributed by atoms with Crippen molar-refractivity contribution >= 4 is 55.9 Å². The third-order valence-electron chi connectivity index (χ3n) is 6.58. The molecule has 0 atom stereocenters. The Hall–Kier alpha value is -4.22. The number of hydrogen-bond donors (Lipinski definition) is 2. The number of benzene rings is 2. The third-order valence-corrected chi connectivity index (χ3v) is 7.79. The summed E-state index contributed by atoms with van der Waals surface area (Å²) in [5.41, 5.74) is 1.98. The van der Waals surface area contributed by atoms with Gasteiger partial charge in [-0.3, -0.25) is 9.59 Å². The Morgan fingerprint density at radius 3 is 2.54 bits per heavy atom. The van der Waals surface area contributed by atoms with Crippen molar-refractivity contribution in [1.82, 2.24) is 14.5 Å². The summed E-state index contributed by atoms with van der Waals surface area (Å²) in [6, 6.07) is 13.2. The second-order valence-electron chi connectivity index (χ2n) is 9.81. The van der Waals surface area contributed by atoms with Crippen LogP contribution in [0.15, 0.2) is 67.0 Å². The molecule has 41 heavy (non-hydrogen) atoms. The highest BCUT2D eigenvalue weighted by Crippen LogP contribution is 2.35. The number of carbonyl (C=O) groups is 2. The van der Waals surface area contributed by atoms with Gasteiger partial charge in [0.2, 0.25) is 5.91 Å². The molecule has 0 aliphatic heterocycles. The highest BCUT2D eigenvalue weighted by molar-refractivity contribution is 7.22. The smallest absolute Gasteiger partial charge is 0.324 e. The van der Waals surface area contributed by atoms with E-state index in [-0.39, 0.29) is 28.8 Å². The number of aryl methyl sites for hydroxylation is 1. The number of pyridine rings is 1. The summed E-state index contributed by atoms with van der Waals surface area (Å²) in [5.74, 6) is -0.623. The first kappa shape index (κ1) is 27.0. The maximum Gasteiger partial charge on any atom is 0.416 e. The molecule has 0 spiro atoms. The van der Waals surface area contributed by atoms with Crippen molar-refractivity contribution in [2.45, 2.75) is 25.9 Å². The third kappa shape index (κ3) is 5.82. The first-order valence-electron chi connectivity index (χ1n) is 12.6. The number of thiazole rings is 1. The molecule has 1 fully saturated rings. The van der Waals surface area contributed by atoms with E-state index in [1.54, 1.807) is 35.2 Å². The number of halogens is 4. The Kier molecular flexibility index (Phi) is 6.79. The average Bonchev–Trinajstić information content (AvgIpc) is 3.57. The van der Waals surface area contributed by atoms with Crippen molar-refractivity contribution in [2.24, 2.45) is 5.92 Å². The molecule has 0 bridgehead atoms. The average molecular weight is 596 g/mol. The molecule has 2 N–H and O–H groups in total. The van der Waals surface area contributed by atoms with Crippen molar-refractivity contribution in [3.8, 4) is 16.9 Å². The van der Waals surface area contributed by atoms with E-state index >= 15 is 0 Å². The van der Waals surface area contributed by atoms with E-state index < -0.39 is 17.6 Å². The van der Waals surface area contributed by atoms with E-state index in [1.165, 1.54) is 35.6 Å². The van der Waals surface area contributed by atoms with Crippen LogP contribution >= 0.6 is 22.9 Å². The fraction of sp³-hybridized carbons (Fsp3) is 0.172. The van der Waals surface area contributed by atoms with Crippen molar-refractivity contribution in [3.05, 3.63) is 88.7 Å². The summed E-state index contributed by atoms with van der Waals surface area (Å²) in [7, 11) is 0. The van der Waals surface area contributed by atoms with Gasteiger partial charge in [-0.25, -0.2) is 9.97 Å². The lowest BCUT2D eigenvalue weighted by Gasteiger charge is -2.14. The van der Waals surface area contributed by atoms with Gasteiger partial charge in [-0.15, -0.1) is 0 Å². The van der Waals surface area contributed by atoms with Crippen LogP contribution in [0.3, 0.4) is 0 Å². The molecule has 0 radical (unpaired) electrons. The van der Waals surface area contributed by atoms with Gasteiger partial charge in [0.15, 0.2) is 5.13 Å². The van der Waals surface area contributed by atoms with Gasteiger partial charge in [-0.05, 0) is 79.9 Å². The van der Waals surface area contributed by atoms with Crippen LogP contribution in [-0.2, 0) is 11.0 Å². The zero-order valence-electron chi connectivity index (χ0n) is 21.4. The van der Waals surface area contributed by atoms with Crippen LogP contribution < -0.4 is 10.6 Å². The summed E-state index contributed by atoms with van der Waals surface area (Å²) >= 11 is 7.69. The highest BCUT2D eigenvalue weighted by Gasteiger charge is 2.32. The summed E-state index contributed by atoms with van der Waals surface area (Å²) in [6.07, 6.45) is 0.502. The Bertz CT molecular complexity index is 1830. The molecule has 1 saturated carbocycles. The Labute approximate surface area is 241 Å². The van der Waals surface area contributed by atoms with E-state index in [4.69, 9.17) is 11.6 Å². The minimum absolute atomic E-state index is 0.00680.